The molecule has 11 heteroatoms. The van der Waals surface area contributed by atoms with Crippen LogP contribution in [0.3, 0.4) is 0 Å². The van der Waals surface area contributed by atoms with E-state index in [1.807, 2.05) is 0 Å². The van der Waals surface area contributed by atoms with Crippen molar-refractivity contribution in [1.29, 1.82) is 0 Å². The predicted octanol–water partition coefficient (Wildman–Crippen LogP) is 3.90. The highest BCUT2D eigenvalue weighted by Gasteiger charge is 2.30. The van der Waals surface area contributed by atoms with E-state index in [2.05, 4.69) is 19.6 Å². The van der Waals surface area contributed by atoms with Gasteiger partial charge in [0.15, 0.2) is 5.82 Å². The zero-order valence-corrected chi connectivity index (χ0v) is 16.4. The average Bonchev–Trinajstić information content (AvgIpc) is 3.38. The molecule has 2 aromatic heterocycles. The van der Waals surface area contributed by atoms with E-state index in [1.165, 1.54) is 24.5 Å². The van der Waals surface area contributed by atoms with Crippen molar-refractivity contribution in [2.24, 2.45) is 0 Å². The first-order chi connectivity index (χ1) is 14.4. The normalized spacial score (nSPS) is 15.3. The summed E-state index contributed by atoms with van der Waals surface area (Å²) >= 11 is 1.06. The van der Waals surface area contributed by atoms with Crippen LogP contribution in [0, 0.1) is 0 Å². The second kappa shape index (κ2) is 8.54. The Morgan fingerprint density at radius 3 is 2.80 bits per heavy atom. The fourth-order valence-corrected chi connectivity index (χ4v) is 3.53. The van der Waals surface area contributed by atoms with Gasteiger partial charge >= 0.3 is 6.18 Å². The maximum absolute atomic E-state index is 12.9. The van der Waals surface area contributed by atoms with E-state index in [1.54, 1.807) is 0 Å². The second-order valence-corrected chi connectivity index (χ2v) is 7.39. The molecule has 0 bridgehead atoms. The van der Waals surface area contributed by atoms with E-state index in [0.29, 0.717) is 30.7 Å². The van der Waals surface area contributed by atoms with Gasteiger partial charge in [0.2, 0.25) is 5.13 Å². The number of benzene rings is 1. The van der Waals surface area contributed by atoms with Gasteiger partial charge < -0.3 is 9.15 Å². The summed E-state index contributed by atoms with van der Waals surface area (Å²) < 4.78 is 53.5. The summed E-state index contributed by atoms with van der Waals surface area (Å²) in [6, 6.07) is 6.11. The lowest BCUT2D eigenvalue weighted by molar-refractivity contribution is -0.137. The van der Waals surface area contributed by atoms with Gasteiger partial charge in [0.1, 0.15) is 12.0 Å². The number of anilines is 1. The number of aromatic nitrogens is 2. The van der Waals surface area contributed by atoms with E-state index in [9.17, 15) is 18.0 Å². The van der Waals surface area contributed by atoms with Crippen LogP contribution in [0.25, 0.3) is 11.3 Å². The molecule has 1 aromatic carbocycles. The molecule has 0 saturated carbocycles. The topological polar surface area (TPSA) is 80.5 Å². The van der Waals surface area contributed by atoms with Crippen molar-refractivity contribution in [2.45, 2.75) is 12.7 Å². The van der Waals surface area contributed by atoms with Crippen LogP contribution in [-0.2, 0) is 17.5 Å². The summed E-state index contributed by atoms with van der Waals surface area (Å²) in [6.45, 7) is 3.51. The molecule has 0 unspecified atom stereocenters. The first-order valence-electron chi connectivity index (χ1n) is 9.09. The van der Waals surface area contributed by atoms with Crippen molar-refractivity contribution in [3.05, 3.63) is 53.5 Å². The zero-order chi connectivity index (χ0) is 21.1. The molecule has 1 aliphatic heterocycles. The van der Waals surface area contributed by atoms with Gasteiger partial charge in [-0.1, -0.05) is 12.1 Å². The zero-order valence-electron chi connectivity index (χ0n) is 15.6. The molecule has 1 fully saturated rings. The second-order valence-electron chi connectivity index (χ2n) is 6.64. The minimum absolute atomic E-state index is 0.163. The van der Waals surface area contributed by atoms with Gasteiger partial charge in [-0.15, -0.1) is 0 Å². The molecule has 4 rings (SSSR count). The van der Waals surface area contributed by atoms with Gasteiger partial charge in [-0.2, -0.15) is 17.5 Å². The van der Waals surface area contributed by atoms with Crippen LogP contribution >= 0.6 is 11.5 Å². The Bertz CT molecular complexity index is 1030. The Morgan fingerprint density at radius 2 is 2.03 bits per heavy atom. The molecule has 3 heterocycles. The van der Waals surface area contributed by atoms with Gasteiger partial charge in [0.25, 0.3) is 5.91 Å². The molecule has 3 aromatic rings. The minimum Gasteiger partial charge on any atom is -0.464 e. The fraction of sp³-hybridized carbons (Fsp3) is 0.316. The number of carbonyl (C=O) groups excluding carboxylic acids is 1. The Labute approximate surface area is 173 Å². The molecular formula is C19H17F3N4O3S. The lowest BCUT2D eigenvalue weighted by Gasteiger charge is -2.25. The lowest BCUT2D eigenvalue weighted by atomic mass is 10.1. The highest BCUT2D eigenvalue weighted by atomic mass is 32.1. The van der Waals surface area contributed by atoms with E-state index < -0.39 is 17.6 Å². The number of amides is 1. The fourth-order valence-electron chi connectivity index (χ4n) is 2.95. The van der Waals surface area contributed by atoms with Crippen LogP contribution in [-0.4, -0.2) is 46.5 Å². The number of nitrogens with one attached hydrogen (secondary N) is 1. The largest absolute Gasteiger partial charge is 0.464 e. The van der Waals surface area contributed by atoms with Crippen LogP contribution < -0.4 is 5.32 Å². The quantitative estimate of drug-likeness (QED) is 0.651. The van der Waals surface area contributed by atoms with Crippen molar-refractivity contribution < 1.29 is 27.1 Å². The summed E-state index contributed by atoms with van der Waals surface area (Å²) in [5, 5.41) is 2.98. The average molecular weight is 438 g/mol. The first kappa shape index (κ1) is 20.5. The maximum Gasteiger partial charge on any atom is 0.416 e. The Kier molecular flexibility index (Phi) is 5.84. The van der Waals surface area contributed by atoms with Crippen molar-refractivity contribution in [2.75, 3.05) is 31.6 Å². The molecule has 7 nitrogen and oxygen atoms in total. The molecular weight excluding hydrogens is 421 g/mol. The highest BCUT2D eigenvalue weighted by Crippen LogP contribution is 2.32. The molecule has 1 aliphatic rings. The first-order valence-corrected chi connectivity index (χ1v) is 9.86. The van der Waals surface area contributed by atoms with Crippen molar-refractivity contribution in [3.63, 3.8) is 0 Å². The molecule has 1 amide bonds. The SMILES string of the molecule is O=C(Nc1nc(CN2CCOCC2)ns1)c1coc(-c2cccc(C(F)(F)F)c2)c1. The number of nitrogens with zero attached hydrogens (tertiary/aromatic N) is 3. The number of alkyl halides is 3. The molecule has 0 spiro atoms. The number of ether oxygens (including phenoxy) is 1. The summed E-state index contributed by atoms with van der Waals surface area (Å²) in [4.78, 5) is 18.9. The summed E-state index contributed by atoms with van der Waals surface area (Å²) in [5.74, 6) is 0.289. The molecule has 1 N–H and O–H groups in total. The number of hydrogen-bond acceptors (Lipinski definition) is 7. The van der Waals surface area contributed by atoms with Gasteiger partial charge in [-0.3, -0.25) is 15.0 Å². The highest BCUT2D eigenvalue weighted by molar-refractivity contribution is 7.09. The number of hydrogen-bond donors (Lipinski definition) is 1. The number of rotatable bonds is 5. The number of furan rings is 1. The lowest BCUT2D eigenvalue weighted by Crippen LogP contribution is -2.35. The Balaban J connectivity index is 1.41. The maximum atomic E-state index is 12.9. The third-order valence-corrected chi connectivity index (χ3v) is 5.16. The third kappa shape index (κ3) is 4.86. The summed E-state index contributed by atoms with van der Waals surface area (Å²) in [7, 11) is 0. The molecule has 0 aliphatic carbocycles. The predicted molar refractivity (Wildman–Crippen MR) is 103 cm³/mol. The van der Waals surface area contributed by atoms with Crippen molar-refractivity contribution in [1.82, 2.24) is 14.3 Å². The summed E-state index contributed by atoms with van der Waals surface area (Å²) in [6.07, 6.45) is -3.26. The number of carbonyl (C=O) groups is 1. The van der Waals surface area contributed by atoms with Crippen LogP contribution in [0.2, 0.25) is 0 Å². The Hall–Kier alpha value is -2.76. The van der Waals surface area contributed by atoms with Crippen LogP contribution in [0.5, 0.6) is 0 Å². The van der Waals surface area contributed by atoms with Crippen LogP contribution in [0.15, 0.2) is 41.0 Å². The Morgan fingerprint density at radius 1 is 1.23 bits per heavy atom. The van der Waals surface area contributed by atoms with Crippen LogP contribution in [0.4, 0.5) is 18.3 Å². The molecule has 0 atom stereocenters. The summed E-state index contributed by atoms with van der Waals surface area (Å²) in [5.41, 5.74) is -0.385. The van der Waals surface area contributed by atoms with E-state index in [-0.39, 0.29) is 16.9 Å². The van der Waals surface area contributed by atoms with E-state index in [4.69, 9.17) is 9.15 Å². The third-order valence-electron chi connectivity index (χ3n) is 4.49. The van der Waals surface area contributed by atoms with Gasteiger partial charge in [0.05, 0.1) is 30.9 Å². The number of halogens is 3. The smallest absolute Gasteiger partial charge is 0.416 e. The molecule has 1 saturated heterocycles. The molecule has 30 heavy (non-hydrogen) atoms. The number of morpholine rings is 1. The van der Waals surface area contributed by atoms with E-state index in [0.717, 1.165) is 36.8 Å². The van der Waals surface area contributed by atoms with E-state index >= 15 is 0 Å². The standard InChI is InChI=1S/C19H17F3N4O3S/c20-19(21,22)14-3-1-2-12(8-14)15-9-13(11-29-15)17(27)24-18-23-16(25-30-18)10-26-4-6-28-7-5-26/h1-3,8-9,11H,4-7,10H2,(H,23,24,25,27). The van der Waals surface area contributed by atoms with Crippen molar-refractivity contribution >= 4 is 22.6 Å². The van der Waals surface area contributed by atoms with Crippen LogP contribution in [0.1, 0.15) is 21.7 Å². The molecule has 0 radical (unpaired) electrons. The van der Waals surface area contributed by atoms with Crippen molar-refractivity contribution in [3.8, 4) is 11.3 Å². The van der Waals surface area contributed by atoms with Gasteiger partial charge in [0, 0.05) is 30.2 Å². The molecule has 158 valence electrons. The van der Waals surface area contributed by atoms with Gasteiger partial charge in [-0.25, -0.2) is 4.98 Å². The van der Waals surface area contributed by atoms with Gasteiger partial charge in [-0.05, 0) is 18.2 Å². The minimum atomic E-state index is -4.46. The monoisotopic (exact) mass is 438 g/mol.